The van der Waals surface area contributed by atoms with E-state index < -0.39 is 0 Å². The monoisotopic (exact) mass is 293 g/mol. The maximum atomic E-state index is 12.5. The van der Waals surface area contributed by atoms with Crippen LogP contribution in [0.15, 0.2) is 5.38 Å². The number of nitrogens with one attached hydrogen (secondary N) is 1. The molecule has 1 unspecified atom stereocenters. The molecule has 110 valence electrons. The van der Waals surface area contributed by atoms with E-state index in [0.29, 0.717) is 11.6 Å². The summed E-state index contributed by atoms with van der Waals surface area (Å²) in [5.41, 5.74) is 0.658. The van der Waals surface area contributed by atoms with Crippen molar-refractivity contribution in [3.05, 3.63) is 16.1 Å². The van der Waals surface area contributed by atoms with Crippen molar-refractivity contribution in [2.24, 2.45) is 5.92 Å². The van der Waals surface area contributed by atoms with E-state index in [9.17, 15) is 4.79 Å². The second kappa shape index (κ2) is 6.22. The topological polar surface area (TPSA) is 45.2 Å². The number of hydrogen-bond donors (Lipinski definition) is 1. The van der Waals surface area contributed by atoms with Gasteiger partial charge in [0.2, 0.25) is 0 Å². The summed E-state index contributed by atoms with van der Waals surface area (Å²) < 4.78 is 0. The van der Waals surface area contributed by atoms with Crippen molar-refractivity contribution in [1.29, 1.82) is 0 Å². The third-order valence-electron chi connectivity index (χ3n) is 4.46. The predicted octanol–water partition coefficient (Wildman–Crippen LogP) is 2.48. The van der Waals surface area contributed by atoms with Crippen LogP contribution in [0.4, 0.5) is 0 Å². The van der Waals surface area contributed by atoms with Gasteiger partial charge in [-0.1, -0.05) is 6.92 Å². The lowest BCUT2D eigenvalue weighted by molar-refractivity contribution is 0.0692. The van der Waals surface area contributed by atoms with Gasteiger partial charge in [0.15, 0.2) is 0 Å². The van der Waals surface area contributed by atoms with E-state index in [0.717, 1.165) is 49.9 Å². The minimum atomic E-state index is 0.128. The van der Waals surface area contributed by atoms with Crippen LogP contribution < -0.4 is 5.32 Å². The maximum absolute atomic E-state index is 12.5. The van der Waals surface area contributed by atoms with Crippen molar-refractivity contribution in [2.75, 3.05) is 26.2 Å². The Balaban J connectivity index is 1.65. The van der Waals surface area contributed by atoms with Crippen molar-refractivity contribution >= 4 is 17.2 Å². The molecule has 1 amide bonds. The first-order valence-corrected chi connectivity index (χ1v) is 8.57. The molecule has 2 aliphatic rings. The molecule has 0 aromatic carbocycles. The van der Waals surface area contributed by atoms with Gasteiger partial charge in [-0.05, 0) is 38.1 Å². The quantitative estimate of drug-likeness (QED) is 0.911. The maximum Gasteiger partial charge on any atom is 0.273 e. The van der Waals surface area contributed by atoms with Gasteiger partial charge in [0.25, 0.3) is 5.91 Å². The third-order valence-corrected chi connectivity index (χ3v) is 5.47. The van der Waals surface area contributed by atoms with Crippen LogP contribution in [0, 0.1) is 5.92 Å². The first-order chi connectivity index (χ1) is 9.74. The summed E-state index contributed by atoms with van der Waals surface area (Å²) >= 11 is 1.65. The Bertz CT molecular complexity index is 459. The second-order valence-corrected chi connectivity index (χ2v) is 6.98. The van der Waals surface area contributed by atoms with Gasteiger partial charge < -0.3 is 10.2 Å². The minimum absolute atomic E-state index is 0.128. The first-order valence-electron chi connectivity index (χ1n) is 7.69. The molecule has 0 saturated carbocycles. The van der Waals surface area contributed by atoms with Gasteiger partial charge in [0.1, 0.15) is 5.69 Å². The molecule has 1 aromatic heterocycles. The van der Waals surface area contributed by atoms with Gasteiger partial charge in [0, 0.05) is 30.9 Å². The van der Waals surface area contributed by atoms with E-state index in [4.69, 9.17) is 0 Å². The van der Waals surface area contributed by atoms with Crippen molar-refractivity contribution < 1.29 is 4.79 Å². The molecule has 5 heteroatoms. The van der Waals surface area contributed by atoms with Crippen LogP contribution in [-0.4, -0.2) is 42.0 Å². The second-order valence-electron chi connectivity index (χ2n) is 6.09. The first kappa shape index (κ1) is 14.0. The highest BCUT2D eigenvalue weighted by Gasteiger charge is 2.25. The molecule has 2 saturated heterocycles. The Labute approximate surface area is 124 Å². The molecule has 2 aliphatic heterocycles. The summed E-state index contributed by atoms with van der Waals surface area (Å²) in [4.78, 5) is 19.0. The number of piperidine rings is 2. The highest BCUT2D eigenvalue weighted by molar-refractivity contribution is 7.09. The summed E-state index contributed by atoms with van der Waals surface area (Å²) in [6.07, 6.45) is 4.64. The Morgan fingerprint density at radius 3 is 2.90 bits per heavy atom. The number of aromatic nitrogens is 1. The van der Waals surface area contributed by atoms with E-state index in [1.54, 1.807) is 11.3 Å². The smallest absolute Gasteiger partial charge is 0.273 e. The van der Waals surface area contributed by atoms with Crippen molar-refractivity contribution in [1.82, 2.24) is 15.2 Å². The molecule has 0 radical (unpaired) electrons. The van der Waals surface area contributed by atoms with Crippen LogP contribution >= 0.6 is 11.3 Å². The predicted molar refractivity (Wildman–Crippen MR) is 81.3 cm³/mol. The molecule has 4 nitrogen and oxygen atoms in total. The summed E-state index contributed by atoms with van der Waals surface area (Å²) in [5.74, 6) is 1.37. The fourth-order valence-electron chi connectivity index (χ4n) is 3.01. The molecule has 0 bridgehead atoms. The van der Waals surface area contributed by atoms with Gasteiger partial charge in [0.05, 0.1) is 5.01 Å². The zero-order valence-corrected chi connectivity index (χ0v) is 12.9. The van der Waals surface area contributed by atoms with Crippen molar-refractivity contribution in [2.45, 2.75) is 38.5 Å². The normalized spacial score (nSPS) is 24.9. The number of amides is 1. The summed E-state index contributed by atoms with van der Waals surface area (Å²) in [7, 11) is 0. The average Bonchev–Trinajstić information content (AvgIpc) is 2.98. The van der Waals surface area contributed by atoms with E-state index >= 15 is 0 Å². The van der Waals surface area contributed by atoms with Crippen LogP contribution in [-0.2, 0) is 0 Å². The SMILES string of the molecule is CC1CCN(C(=O)c2csc(C3CCCNC3)n2)CC1. The van der Waals surface area contributed by atoms with E-state index in [2.05, 4.69) is 17.2 Å². The van der Waals surface area contributed by atoms with Crippen LogP contribution in [0.1, 0.15) is 54.0 Å². The van der Waals surface area contributed by atoms with E-state index in [-0.39, 0.29) is 5.91 Å². The number of carbonyl (C=O) groups is 1. The van der Waals surface area contributed by atoms with E-state index in [1.165, 1.54) is 12.8 Å². The van der Waals surface area contributed by atoms with Gasteiger partial charge in [-0.2, -0.15) is 0 Å². The van der Waals surface area contributed by atoms with Gasteiger partial charge in [-0.25, -0.2) is 4.98 Å². The number of nitrogens with zero attached hydrogens (tertiary/aromatic N) is 2. The Kier molecular flexibility index (Phi) is 4.36. The number of thiazole rings is 1. The largest absolute Gasteiger partial charge is 0.337 e. The molecule has 3 rings (SSSR count). The van der Waals surface area contributed by atoms with Gasteiger partial charge >= 0.3 is 0 Å². The molecule has 1 aromatic rings. The van der Waals surface area contributed by atoms with Crippen molar-refractivity contribution in [3.8, 4) is 0 Å². The third kappa shape index (κ3) is 3.04. The Morgan fingerprint density at radius 2 is 2.20 bits per heavy atom. The van der Waals surface area contributed by atoms with Crippen LogP contribution in [0.2, 0.25) is 0 Å². The summed E-state index contributed by atoms with van der Waals surface area (Å²) in [5, 5.41) is 6.49. The van der Waals surface area contributed by atoms with Crippen LogP contribution in [0.5, 0.6) is 0 Å². The lowest BCUT2D eigenvalue weighted by Gasteiger charge is -2.29. The minimum Gasteiger partial charge on any atom is -0.337 e. The molecule has 2 fully saturated rings. The molecular weight excluding hydrogens is 270 g/mol. The number of carbonyl (C=O) groups excluding carboxylic acids is 1. The fourth-order valence-corrected chi connectivity index (χ4v) is 3.94. The number of likely N-dealkylation sites (tertiary alicyclic amines) is 1. The molecule has 0 spiro atoms. The zero-order chi connectivity index (χ0) is 13.9. The van der Waals surface area contributed by atoms with Crippen LogP contribution in [0.25, 0.3) is 0 Å². The molecule has 3 heterocycles. The summed E-state index contributed by atoms with van der Waals surface area (Å²) in [6, 6.07) is 0. The molecule has 0 aliphatic carbocycles. The average molecular weight is 293 g/mol. The lowest BCUT2D eigenvalue weighted by atomic mass is 9.99. The molecule has 1 N–H and O–H groups in total. The number of rotatable bonds is 2. The number of hydrogen-bond acceptors (Lipinski definition) is 4. The lowest BCUT2D eigenvalue weighted by Crippen LogP contribution is -2.38. The van der Waals surface area contributed by atoms with Gasteiger partial charge in [-0.15, -0.1) is 11.3 Å². The Hall–Kier alpha value is -0.940. The van der Waals surface area contributed by atoms with Gasteiger partial charge in [-0.3, -0.25) is 4.79 Å². The standard InChI is InChI=1S/C15H23N3OS/c1-11-4-7-18(8-5-11)15(19)13-10-20-14(17-13)12-3-2-6-16-9-12/h10-12,16H,2-9H2,1H3. The zero-order valence-electron chi connectivity index (χ0n) is 12.1. The highest BCUT2D eigenvalue weighted by Crippen LogP contribution is 2.27. The van der Waals surface area contributed by atoms with E-state index in [1.807, 2.05) is 10.3 Å². The molecular formula is C15H23N3OS. The van der Waals surface area contributed by atoms with Crippen molar-refractivity contribution in [3.63, 3.8) is 0 Å². The fraction of sp³-hybridized carbons (Fsp3) is 0.733. The Morgan fingerprint density at radius 1 is 1.40 bits per heavy atom. The highest BCUT2D eigenvalue weighted by atomic mass is 32.1. The van der Waals surface area contributed by atoms with Crippen LogP contribution in [0.3, 0.4) is 0 Å². The molecule has 20 heavy (non-hydrogen) atoms. The summed E-state index contributed by atoms with van der Waals surface area (Å²) in [6.45, 7) is 6.15. The molecule has 1 atom stereocenters.